The molecule has 102 valence electrons. The molecule has 2 nitrogen and oxygen atoms in total. The van der Waals surface area contributed by atoms with Gasteiger partial charge in [-0.05, 0) is 54.3 Å². The summed E-state index contributed by atoms with van der Waals surface area (Å²) in [6.07, 6.45) is 5.82. The topological polar surface area (TPSA) is 21.3 Å². The van der Waals surface area contributed by atoms with Crippen molar-refractivity contribution in [2.45, 2.75) is 44.9 Å². The van der Waals surface area contributed by atoms with Crippen molar-refractivity contribution < 1.29 is 4.74 Å². The molecule has 2 saturated carbocycles. The van der Waals surface area contributed by atoms with E-state index >= 15 is 0 Å². The lowest BCUT2D eigenvalue weighted by molar-refractivity contribution is 0.134. The predicted molar refractivity (Wildman–Crippen MR) is 75.7 cm³/mol. The van der Waals surface area contributed by atoms with Gasteiger partial charge >= 0.3 is 0 Å². The van der Waals surface area contributed by atoms with Crippen LogP contribution in [-0.2, 0) is 18.0 Å². The SMILES string of the molecule is CNC(c1ccc2c(c1)COC2)C1C2CCCCC21. The van der Waals surface area contributed by atoms with E-state index in [4.69, 9.17) is 4.74 Å². The molecule has 0 amide bonds. The van der Waals surface area contributed by atoms with Gasteiger partial charge in [0.25, 0.3) is 0 Å². The third kappa shape index (κ3) is 1.93. The van der Waals surface area contributed by atoms with Crippen molar-refractivity contribution in [2.24, 2.45) is 17.8 Å². The minimum absolute atomic E-state index is 0.555. The Labute approximate surface area is 115 Å². The minimum atomic E-state index is 0.555. The van der Waals surface area contributed by atoms with E-state index in [2.05, 4.69) is 30.6 Å². The Hall–Kier alpha value is -0.860. The summed E-state index contributed by atoms with van der Waals surface area (Å²) in [5.41, 5.74) is 4.26. The number of hydrogen-bond acceptors (Lipinski definition) is 2. The quantitative estimate of drug-likeness (QED) is 0.896. The standard InChI is InChI=1S/C17H23NO/c1-18-17(16-14-4-2-3-5-15(14)16)11-6-7-12-9-19-10-13(12)8-11/h6-8,14-18H,2-5,9-10H2,1H3. The molecule has 0 spiro atoms. The highest BCUT2D eigenvalue weighted by Crippen LogP contribution is 2.60. The summed E-state index contributed by atoms with van der Waals surface area (Å²) in [5.74, 6) is 2.87. The Morgan fingerprint density at radius 1 is 1.11 bits per heavy atom. The van der Waals surface area contributed by atoms with Crippen molar-refractivity contribution in [3.05, 3.63) is 34.9 Å². The van der Waals surface area contributed by atoms with Crippen LogP contribution >= 0.6 is 0 Å². The Balaban J connectivity index is 1.59. The first-order chi connectivity index (χ1) is 9.38. The second kappa shape index (κ2) is 4.60. The van der Waals surface area contributed by atoms with Crippen LogP contribution in [0.1, 0.15) is 48.4 Å². The first kappa shape index (κ1) is 11.9. The van der Waals surface area contributed by atoms with E-state index in [0.717, 1.165) is 31.0 Å². The molecule has 0 saturated heterocycles. The molecule has 0 aromatic heterocycles. The number of ether oxygens (including phenoxy) is 1. The molecule has 2 fully saturated rings. The van der Waals surface area contributed by atoms with E-state index in [1.54, 1.807) is 0 Å². The molecular formula is C17H23NO. The van der Waals surface area contributed by atoms with Crippen molar-refractivity contribution >= 4 is 0 Å². The molecule has 1 aliphatic heterocycles. The van der Waals surface area contributed by atoms with Gasteiger partial charge in [0, 0.05) is 6.04 Å². The molecule has 3 unspecified atom stereocenters. The van der Waals surface area contributed by atoms with E-state index < -0.39 is 0 Å². The summed E-state index contributed by atoms with van der Waals surface area (Å²) in [6.45, 7) is 1.60. The Morgan fingerprint density at radius 3 is 2.58 bits per heavy atom. The van der Waals surface area contributed by atoms with Crippen molar-refractivity contribution in [2.75, 3.05) is 7.05 Å². The van der Waals surface area contributed by atoms with Gasteiger partial charge in [0.2, 0.25) is 0 Å². The van der Waals surface area contributed by atoms with Crippen molar-refractivity contribution in [3.8, 4) is 0 Å². The van der Waals surface area contributed by atoms with E-state index in [1.807, 2.05) is 0 Å². The van der Waals surface area contributed by atoms with E-state index in [9.17, 15) is 0 Å². The van der Waals surface area contributed by atoms with Gasteiger partial charge < -0.3 is 10.1 Å². The van der Waals surface area contributed by atoms with Crippen LogP contribution in [0.3, 0.4) is 0 Å². The highest BCUT2D eigenvalue weighted by molar-refractivity contribution is 5.35. The van der Waals surface area contributed by atoms with E-state index in [-0.39, 0.29) is 0 Å². The minimum Gasteiger partial charge on any atom is -0.372 e. The van der Waals surface area contributed by atoms with Gasteiger partial charge in [-0.3, -0.25) is 0 Å². The zero-order valence-corrected chi connectivity index (χ0v) is 11.7. The summed E-state index contributed by atoms with van der Waals surface area (Å²) >= 11 is 0. The molecule has 2 aliphatic carbocycles. The summed E-state index contributed by atoms with van der Waals surface area (Å²) < 4.78 is 5.53. The van der Waals surface area contributed by atoms with E-state index in [1.165, 1.54) is 42.4 Å². The van der Waals surface area contributed by atoms with Crippen LogP contribution in [0.5, 0.6) is 0 Å². The lowest BCUT2D eigenvalue weighted by atomic mass is 9.96. The molecule has 1 aromatic rings. The Bertz CT molecular complexity index is 472. The van der Waals surface area contributed by atoms with Gasteiger partial charge in [0.1, 0.15) is 0 Å². The Morgan fingerprint density at radius 2 is 1.84 bits per heavy atom. The van der Waals surface area contributed by atoms with Crippen LogP contribution in [0.4, 0.5) is 0 Å². The average Bonchev–Trinajstić information content (AvgIpc) is 2.96. The first-order valence-corrected chi connectivity index (χ1v) is 7.75. The van der Waals surface area contributed by atoms with Gasteiger partial charge in [0.15, 0.2) is 0 Å². The third-order valence-electron chi connectivity index (χ3n) is 5.52. The second-order valence-corrected chi connectivity index (χ2v) is 6.48. The van der Waals surface area contributed by atoms with Crippen LogP contribution in [-0.4, -0.2) is 7.05 Å². The maximum absolute atomic E-state index is 5.53. The van der Waals surface area contributed by atoms with Gasteiger partial charge in [-0.15, -0.1) is 0 Å². The number of rotatable bonds is 3. The molecule has 1 N–H and O–H groups in total. The van der Waals surface area contributed by atoms with Crippen molar-refractivity contribution in [1.29, 1.82) is 0 Å². The fourth-order valence-corrected chi connectivity index (χ4v) is 4.51. The molecule has 0 bridgehead atoms. The predicted octanol–water partition coefficient (Wildman–Crippen LogP) is 3.41. The monoisotopic (exact) mass is 257 g/mol. The van der Waals surface area contributed by atoms with E-state index in [0.29, 0.717) is 6.04 Å². The zero-order valence-electron chi connectivity index (χ0n) is 11.7. The highest BCUT2D eigenvalue weighted by atomic mass is 16.5. The molecule has 1 heterocycles. The van der Waals surface area contributed by atoms with Crippen molar-refractivity contribution in [1.82, 2.24) is 5.32 Å². The number of benzene rings is 1. The van der Waals surface area contributed by atoms with Crippen molar-refractivity contribution in [3.63, 3.8) is 0 Å². The van der Waals surface area contributed by atoms with Gasteiger partial charge in [-0.25, -0.2) is 0 Å². The normalized spacial score (nSPS) is 33.6. The molecule has 2 heteroatoms. The van der Waals surface area contributed by atoms with Crippen LogP contribution in [0.2, 0.25) is 0 Å². The lowest BCUT2D eigenvalue weighted by Crippen LogP contribution is -2.20. The summed E-state index contributed by atoms with van der Waals surface area (Å²) in [4.78, 5) is 0. The molecule has 3 atom stereocenters. The fraction of sp³-hybridized carbons (Fsp3) is 0.647. The number of fused-ring (bicyclic) bond motifs is 2. The number of nitrogens with one attached hydrogen (secondary N) is 1. The first-order valence-electron chi connectivity index (χ1n) is 7.75. The number of hydrogen-bond donors (Lipinski definition) is 1. The van der Waals surface area contributed by atoms with Crippen LogP contribution < -0.4 is 5.32 Å². The highest BCUT2D eigenvalue weighted by Gasteiger charge is 2.54. The van der Waals surface area contributed by atoms with Crippen LogP contribution in [0.25, 0.3) is 0 Å². The maximum Gasteiger partial charge on any atom is 0.0725 e. The summed E-state index contributed by atoms with van der Waals surface area (Å²) in [6, 6.07) is 7.53. The van der Waals surface area contributed by atoms with Gasteiger partial charge in [-0.2, -0.15) is 0 Å². The lowest BCUT2D eigenvalue weighted by Gasteiger charge is -2.18. The molecule has 1 aromatic carbocycles. The van der Waals surface area contributed by atoms with Crippen LogP contribution in [0, 0.1) is 17.8 Å². The molecular weight excluding hydrogens is 234 g/mol. The Kier molecular flexibility index (Phi) is 2.89. The fourth-order valence-electron chi connectivity index (χ4n) is 4.51. The van der Waals surface area contributed by atoms with Gasteiger partial charge in [0.05, 0.1) is 13.2 Å². The molecule has 4 rings (SSSR count). The third-order valence-corrected chi connectivity index (χ3v) is 5.52. The zero-order chi connectivity index (χ0) is 12.8. The van der Waals surface area contributed by atoms with Gasteiger partial charge in [-0.1, -0.05) is 31.0 Å². The van der Waals surface area contributed by atoms with Crippen LogP contribution in [0.15, 0.2) is 18.2 Å². The largest absolute Gasteiger partial charge is 0.372 e. The molecule has 19 heavy (non-hydrogen) atoms. The average molecular weight is 257 g/mol. The smallest absolute Gasteiger partial charge is 0.0725 e. The maximum atomic E-state index is 5.53. The summed E-state index contributed by atoms with van der Waals surface area (Å²) in [5, 5.41) is 3.59. The molecule has 0 radical (unpaired) electrons. The molecule has 3 aliphatic rings. The second-order valence-electron chi connectivity index (χ2n) is 6.48. The summed E-state index contributed by atoms with van der Waals surface area (Å²) in [7, 11) is 2.12.